The molecule has 0 atom stereocenters. The van der Waals surface area contributed by atoms with Gasteiger partial charge in [-0.15, -0.1) is 0 Å². The average molecular weight is 267 g/mol. The number of para-hydroxylation sites is 1. The molecule has 4 nitrogen and oxygen atoms in total. The van der Waals surface area contributed by atoms with E-state index < -0.39 is 0 Å². The molecular formula is C16H13NO3. The van der Waals surface area contributed by atoms with Crippen molar-refractivity contribution in [2.45, 2.75) is 6.92 Å². The maximum atomic E-state index is 9.89. The molecule has 0 unspecified atom stereocenters. The van der Waals surface area contributed by atoms with Crippen LogP contribution >= 0.6 is 0 Å². The molecule has 100 valence electrons. The molecule has 0 radical (unpaired) electrons. The lowest BCUT2D eigenvalue weighted by atomic mass is 10.0. The van der Waals surface area contributed by atoms with Gasteiger partial charge in [0.1, 0.15) is 17.2 Å². The Hall–Kier alpha value is -2.75. The highest BCUT2D eigenvalue weighted by molar-refractivity contribution is 5.75. The molecule has 0 fully saturated rings. The number of hydrogen-bond donors (Lipinski definition) is 2. The predicted octanol–water partition coefficient (Wildman–Crippen LogP) is 3.73. The third kappa shape index (κ3) is 2.01. The molecule has 3 aromatic rings. The number of rotatable bonds is 2. The van der Waals surface area contributed by atoms with Crippen LogP contribution in [0.5, 0.6) is 11.5 Å². The van der Waals surface area contributed by atoms with Crippen LogP contribution in [0.3, 0.4) is 0 Å². The Balaban J connectivity index is 2.09. The quantitative estimate of drug-likeness (QED) is 0.742. The van der Waals surface area contributed by atoms with E-state index in [0.717, 1.165) is 11.1 Å². The Kier molecular flexibility index (Phi) is 2.91. The minimum absolute atomic E-state index is 0.168. The summed E-state index contributed by atoms with van der Waals surface area (Å²) in [6.07, 6.45) is 0. The molecule has 1 aromatic heterocycles. The summed E-state index contributed by atoms with van der Waals surface area (Å²) in [7, 11) is 0. The fourth-order valence-corrected chi connectivity index (χ4v) is 2.14. The van der Waals surface area contributed by atoms with Gasteiger partial charge in [0.15, 0.2) is 5.76 Å². The van der Waals surface area contributed by atoms with Crippen LogP contribution in [-0.2, 0) is 0 Å². The van der Waals surface area contributed by atoms with Crippen molar-refractivity contribution >= 4 is 0 Å². The standard InChI is InChI=1S/C16H13NO3/c1-10-15(13-4-2-3-5-14(13)19)17-20-16(10)11-6-8-12(18)9-7-11/h2-9,18-19H,1H3. The molecule has 0 aliphatic rings. The summed E-state index contributed by atoms with van der Waals surface area (Å²) in [5.41, 5.74) is 2.93. The van der Waals surface area contributed by atoms with E-state index in [-0.39, 0.29) is 11.5 Å². The zero-order valence-electron chi connectivity index (χ0n) is 10.9. The Bertz CT molecular complexity index is 745. The third-order valence-electron chi connectivity index (χ3n) is 3.21. The molecule has 1 heterocycles. The van der Waals surface area contributed by atoms with E-state index in [0.29, 0.717) is 17.0 Å². The first kappa shape index (κ1) is 12.3. The molecule has 0 aliphatic heterocycles. The second-order valence-corrected chi connectivity index (χ2v) is 4.55. The van der Waals surface area contributed by atoms with Gasteiger partial charge in [-0.3, -0.25) is 0 Å². The van der Waals surface area contributed by atoms with Gasteiger partial charge in [-0.25, -0.2) is 0 Å². The lowest BCUT2D eigenvalue weighted by molar-refractivity contribution is 0.432. The van der Waals surface area contributed by atoms with E-state index in [9.17, 15) is 10.2 Å². The van der Waals surface area contributed by atoms with Gasteiger partial charge in [-0.2, -0.15) is 0 Å². The molecule has 20 heavy (non-hydrogen) atoms. The summed E-state index contributed by atoms with van der Waals surface area (Å²) in [5, 5.41) is 23.3. The highest BCUT2D eigenvalue weighted by Gasteiger charge is 2.17. The molecule has 0 bridgehead atoms. The fourth-order valence-electron chi connectivity index (χ4n) is 2.14. The van der Waals surface area contributed by atoms with Gasteiger partial charge >= 0.3 is 0 Å². The van der Waals surface area contributed by atoms with Crippen LogP contribution in [0.2, 0.25) is 0 Å². The zero-order chi connectivity index (χ0) is 14.1. The Labute approximate surface area is 115 Å². The van der Waals surface area contributed by atoms with Crippen molar-refractivity contribution in [3.63, 3.8) is 0 Å². The van der Waals surface area contributed by atoms with E-state index in [2.05, 4.69) is 5.16 Å². The van der Waals surface area contributed by atoms with E-state index in [1.54, 1.807) is 42.5 Å². The number of phenols is 2. The minimum atomic E-state index is 0.168. The van der Waals surface area contributed by atoms with E-state index in [1.807, 2.05) is 13.0 Å². The molecule has 2 aromatic carbocycles. The number of aromatic hydroxyl groups is 2. The minimum Gasteiger partial charge on any atom is -0.508 e. The van der Waals surface area contributed by atoms with Crippen molar-refractivity contribution < 1.29 is 14.7 Å². The molecule has 4 heteroatoms. The molecule has 0 amide bonds. The monoisotopic (exact) mass is 267 g/mol. The average Bonchev–Trinajstić information content (AvgIpc) is 2.82. The maximum Gasteiger partial charge on any atom is 0.170 e. The Morgan fingerprint density at radius 3 is 2.35 bits per heavy atom. The highest BCUT2D eigenvalue weighted by atomic mass is 16.5. The molecular weight excluding hydrogens is 254 g/mol. The molecule has 0 spiro atoms. The molecule has 0 saturated carbocycles. The van der Waals surface area contributed by atoms with Crippen molar-refractivity contribution in [3.05, 3.63) is 54.1 Å². The van der Waals surface area contributed by atoms with Gasteiger partial charge in [-0.05, 0) is 43.3 Å². The van der Waals surface area contributed by atoms with Gasteiger partial charge in [-0.1, -0.05) is 17.3 Å². The van der Waals surface area contributed by atoms with Crippen LogP contribution < -0.4 is 0 Å². The summed E-state index contributed by atoms with van der Waals surface area (Å²) in [5.74, 6) is 0.997. The van der Waals surface area contributed by atoms with Gasteiger partial charge in [0.2, 0.25) is 0 Å². The van der Waals surface area contributed by atoms with Crippen molar-refractivity contribution in [2.75, 3.05) is 0 Å². The number of phenolic OH excluding ortho intramolecular Hbond substituents is 2. The van der Waals surface area contributed by atoms with E-state index in [4.69, 9.17) is 4.52 Å². The summed E-state index contributed by atoms with van der Waals surface area (Å²) in [4.78, 5) is 0. The Morgan fingerprint density at radius 2 is 1.65 bits per heavy atom. The first-order valence-electron chi connectivity index (χ1n) is 6.21. The van der Waals surface area contributed by atoms with Gasteiger partial charge < -0.3 is 14.7 Å². The van der Waals surface area contributed by atoms with Crippen LogP contribution in [0.4, 0.5) is 0 Å². The van der Waals surface area contributed by atoms with E-state index >= 15 is 0 Å². The van der Waals surface area contributed by atoms with Crippen molar-refractivity contribution in [1.29, 1.82) is 0 Å². The van der Waals surface area contributed by atoms with Crippen molar-refractivity contribution in [1.82, 2.24) is 5.16 Å². The van der Waals surface area contributed by atoms with Gasteiger partial charge in [0.05, 0.1) is 0 Å². The molecule has 0 saturated heterocycles. The first-order valence-corrected chi connectivity index (χ1v) is 6.21. The van der Waals surface area contributed by atoms with Crippen molar-refractivity contribution in [2.24, 2.45) is 0 Å². The largest absolute Gasteiger partial charge is 0.508 e. The summed E-state index contributed by atoms with van der Waals surface area (Å²) < 4.78 is 5.39. The number of hydrogen-bond acceptors (Lipinski definition) is 4. The zero-order valence-corrected chi connectivity index (χ0v) is 10.9. The van der Waals surface area contributed by atoms with Crippen LogP contribution in [0, 0.1) is 6.92 Å². The van der Waals surface area contributed by atoms with Gasteiger partial charge in [0, 0.05) is 16.7 Å². The van der Waals surface area contributed by atoms with E-state index in [1.165, 1.54) is 0 Å². The predicted molar refractivity (Wildman–Crippen MR) is 75.4 cm³/mol. The summed E-state index contributed by atoms with van der Waals surface area (Å²) >= 11 is 0. The SMILES string of the molecule is Cc1c(-c2ccccc2O)noc1-c1ccc(O)cc1. The van der Waals surface area contributed by atoms with Crippen LogP contribution in [-0.4, -0.2) is 15.4 Å². The normalized spacial score (nSPS) is 10.7. The van der Waals surface area contributed by atoms with Crippen LogP contribution in [0.25, 0.3) is 22.6 Å². The van der Waals surface area contributed by atoms with Crippen molar-refractivity contribution in [3.8, 4) is 34.1 Å². The molecule has 3 rings (SSSR count). The number of aromatic nitrogens is 1. The lowest BCUT2D eigenvalue weighted by Gasteiger charge is -2.01. The van der Waals surface area contributed by atoms with Gasteiger partial charge in [0.25, 0.3) is 0 Å². The fraction of sp³-hybridized carbons (Fsp3) is 0.0625. The smallest absolute Gasteiger partial charge is 0.170 e. The Morgan fingerprint density at radius 1 is 0.950 bits per heavy atom. The van der Waals surface area contributed by atoms with Crippen LogP contribution in [0.15, 0.2) is 53.1 Å². The third-order valence-corrected chi connectivity index (χ3v) is 3.21. The summed E-state index contributed by atoms with van der Waals surface area (Å²) in [6.45, 7) is 1.89. The lowest BCUT2D eigenvalue weighted by Crippen LogP contribution is -1.82. The summed E-state index contributed by atoms with van der Waals surface area (Å²) in [6, 6.07) is 13.7. The van der Waals surface area contributed by atoms with Crippen LogP contribution in [0.1, 0.15) is 5.56 Å². The second-order valence-electron chi connectivity index (χ2n) is 4.55. The number of benzene rings is 2. The topological polar surface area (TPSA) is 66.5 Å². The molecule has 0 aliphatic carbocycles. The first-order chi connectivity index (χ1) is 9.66. The second kappa shape index (κ2) is 4.74. The highest BCUT2D eigenvalue weighted by Crippen LogP contribution is 2.35. The number of nitrogens with zero attached hydrogens (tertiary/aromatic N) is 1. The molecule has 2 N–H and O–H groups in total. The maximum absolute atomic E-state index is 9.89.